The van der Waals surface area contributed by atoms with E-state index in [1.54, 1.807) is 0 Å². The number of fused-ring (bicyclic) bond motifs is 2. The third kappa shape index (κ3) is 4.16. The van der Waals surface area contributed by atoms with Crippen LogP contribution < -0.4 is 10.6 Å². The Morgan fingerprint density at radius 1 is 1.08 bits per heavy atom. The summed E-state index contributed by atoms with van der Waals surface area (Å²) in [6.45, 7) is 1.58. The molecule has 0 spiro atoms. The Balaban J connectivity index is 0.00000144. The molecule has 2 bridgehead atoms. The van der Waals surface area contributed by atoms with E-state index in [1.807, 2.05) is 30.1 Å². The first-order chi connectivity index (χ1) is 10.6. The lowest BCUT2D eigenvalue weighted by atomic mass is 9.84. The van der Waals surface area contributed by atoms with Crippen LogP contribution in [0.2, 0.25) is 0 Å². The van der Waals surface area contributed by atoms with E-state index in [0.29, 0.717) is 11.8 Å². The summed E-state index contributed by atoms with van der Waals surface area (Å²) in [6, 6.07) is 10.4. The summed E-state index contributed by atoms with van der Waals surface area (Å²) in [5.41, 5.74) is 7.47. The molecule has 0 aliphatic heterocycles. The molecule has 0 saturated heterocycles. The van der Waals surface area contributed by atoms with E-state index in [2.05, 4.69) is 24.1 Å². The van der Waals surface area contributed by atoms with Crippen LogP contribution in [0.15, 0.2) is 30.3 Å². The smallest absolute Gasteiger partial charge is 0.227 e. The molecule has 1 aromatic carbocycles. The van der Waals surface area contributed by atoms with Crippen LogP contribution in [0.3, 0.4) is 0 Å². The Morgan fingerprint density at radius 2 is 1.71 bits per heavy atom. The summed E-state index contributed by atoms with van der Waals surface area (Å²) in [4.78, 5) is 16.8. The standard InChI is InChI=1S/C18H27N3O.2ClH/c1-20(15-6-4-3-5-7-15)10-11-21(2)18(22)16-13-8-9-14(12-13)17(16)19;;/h3-7,13-14,16-17H,8-12,19H2,1-2H3;2*1H. The number of para-hydroxylation sites is 1. The lowest BCUT2D eigenvalue weighted by molar-refractivity contribution is -0.136. The van der Waals surface area contributed by atoms with E-state index in [1.165, 1.54) is 18.5 Å². The van der Waals surface area contributed by atoms with Crippen LogP contribution in [-0.2, 0) is 4.79 Å². The molecule has 2 aliphatic rings. The molecule has 0 radical (unpaired) electrons. The van der Waals surface area contributed by atoms with Gasteiger partial charge in [-0.2, -0.15) is 0 Å². The van der Waals surface area contributed by atoms with Gasteiger partial charge in [-0.25, -0.2) is 0 Å². The van der Waals surface area contributed by atoms with Crippen molar-refractivity contribution in [2.75, 3.05) is 32.1 Å². The number of nitrogens with two attached hydrogens (primary N) is 1. The molecule has 0 heterocycles. The molecule has 2 saturated carbocycles. The molecule has 24 heavy (non-hydrogen) atoms. The Bertz CT molecular complexity index is 526. The fraction of sp³-hybridized carbons (Fsp3) is 0.611. The first kappa shape index (κ1) is 21.1. The van der Waals surface area contributed by atoms with Crippen LogP contribution in [0.4, 0.5) is 5.69 Å². The maximum atomic E-state index is 12.7. The summed E-state index contributed by atoms with van der Waals surface area (Å²) < 4.78 is 0. The number of hydrogen-bond acceptors (Lipinski definition) is 3. The van der Waals surface area contributed by atoms with Crippen molar-refractivity contribution in [2.45, 2.75) is 25.3 Å². The van der Waals surface area contributed by atoms with Crippen molar-refractivity contribution in [1.29, 1.82) is 0 Å². The number of halogens is 2. The Kier molecular flexibility index (Phi) is 7.84. The van der Waals surface area contributed by atoms with E-state index in [4.69, 9.17) is 5.73 Å². The highest BCUT2D eigenvalue weighted by Crippen LogP contribution is 2.48. The predicted molar refractivity (Wildman–Crippen MR) is 104 cm³/mol. The van der Waals surface area contributed by atoms with E-state index in [9.17, 15) is 4.79 Å². The largest absolute Gasteiger partial charge is 0.373 e. The van der Waals surface area contributed by atoms with Gasteiger partial charge in [-0.05, 0) is 43.2 Å². The van der Waals surface area contributed by atoms with E-state index >= 15 is 0 Å². The number of amides is 1. The minimum atomic E-state index is 0. The lowest BCUT2D eigenvalue weighted by Crippen LogP contribution is -2.47. The third-order valence-electron chi connectivity index (χ3n) is 5.61. The van der Waals surface area contributed by atoms with Crippen molar-refractivity contribution in [3.8, 4) is 0 Å². The highest BCUT2D eigenvalue weighted by atomic mass is 35.5. The van der Waals surface area contributed by atoms with E-state index < -0.39 is 0 Å². The van der Waals surface area contributed by atoms with Crippen LogP contribution >= 0.6 is 24.8 Å². The average Bonchev–Trinajstić information content (AvgIpc) is 3.13. The Labute approximate surface area is 157 Å². The summed E-state index contributed by atoms with van der Waals surface area (Å²) in [5, 5.41) is 0. The monoisotopic (exact) mass is 373 g/mol. The second-order valence-electron chi connectivity index (χ2n) is 6.95. The normalized spacial score (nSPS) is 27.1. The molecule has 2 N–H and O–H groups in total. The number of carbonyl (C=O) groups is 1. The number of nitrogens with zero attached hydrogens (tertiary/aromatic N) is 2. The molecule has 6 heteroatoms. The van der Waals surface area contributed by atoms with E-state index in [0.717, 1.165) is 19.5 Å². The van der Waals surface area contributed by atoms with Crippen LogP contribution in [0.25, 0.3) is 0 Å². The zero-order valence-corrected chi connectivity index (χ0v) is 16.1. The third-order valence-corrected chi connectivity index (χ3v) is 5.61. The summed E-state index contributed by atoms with van der Waals surface area (Å²) in [6.07, 6.45) is 3.57. The van der Waals surface area contributed by atoms with Gasteiger partial charge in [0.05, 0.1) is 5.92 Å². The topological polar surface area (TPSA) is 49.6 Å². The summed E-state index contributed by atoms with van der Waals surface area (Å²) in [5.74, 6) is 1.42. The number of anilines is 1. The van der Waals surface area contributed by atoms with E-state index in [-0.39, 0.29) is 42.7 Å². The summed E-state index contributed by atoms with van der Waals surface area (Å²) >= 11 is 0. The van der Waals surface area contributed by atoms with Crippen molar-refractivity contribution in [3.63, 3.8) is 0 Å². The molecule has 4 unspecified atom stereocenters. The van der Waals surface area contributed by atoms with Gasteiger partial charge in [-0.1, -0.05) is 18.2 Å². The second kappa shape index (κ2) is 8.93. The maximum absolute atomic E-state index is 12.7. The minimum absolute atomic E-state index is 0. The summed E-state index contributed by atoms with van der Waals surface area (Å²) in [7, 11) is 3.98. The average molecular weight is 374 g/mol. The van der Waals surface area contributed by atoms with Crippen molar-refractivity contribution >= 4 is 36.4 Å². The number of benzene rings is 1. The fourth-order valence-electron chi connectivity index (χ4n) is 4.18. The number of rotatable bonds is 5. The zero-order chi connectivity index (χ0) is 15.7. The quantitative estimate of drug-likeness (QED) is 0.862. The molecule has 136 valence electrons. The molecule has 1 aromatic rings. The number of hydrogen-bond donors (Lipinski definition) is 1. The van der Waals surface area contributed by atoms with Gasteiger partial charge >= 0.3 is 0 Å². The molecule has 0 aromatic heterocycles. The predicted octanol–water partition coefficient (Wildman–Crippen LogP) is 2.80. The van der Waals surface area contributed by atoms with Gasteiger partial charge in [-0.15, -0.1) is 24.8 Å². The molecular weight excluding hydrogens is 345 g/mol. The zero-order valence-electron chi connectivity index (χ0n) is 14.4. The van der Waals surface area contributed by atoms with Gasteiger partial charge in [0.25, 0.3) is 0 Å². The van der Waals surface area contributed by atoms with Gasteiger partial charge in [-0.3, -0.25) is 4.79 Å². The molecule has 2 aliphatic carbocycles. The molecule has 3 rings (SSSR count). The maximum Gasteiger partial charge on any atom is 0.227 e. The first-order valence-electron chi connectivity index (χ1n) is 8.34. The Morgan fingerprint density at radius 3 is 2.29 bits per heavy atom. The highest BCUT2D eigenvalue weighted by Gasteiger charge is 2.49. The fourth-order valence-corrected chi connectivity index (χ4v) is 4.18. The van der Waals surface area contributed by atoms with Crippen molar-refractivity contribution < 1.29 is 4.79 Å². The lowest BCUT2D eigenvalue weighted by Gasteiger charge is -2.31. The number of likely N-dealkylation sites (N-methyl/N-ethyl adjacent to an activating group) is 2. The molecule has 2 fully saturated rings. The van der Waals surface area contributed by atoms with Crippen molar-refractivity contribution in [3.05, 3.63) is 30.3 Å². The van der Waals surface area contributed by atoms with Gasteiger partial charge in [0.2, 0.25) is 5.91 Å². The van der Waals surface area contributed by atoms with Gasteiger partial charge < -0.3 is 15.5 Å². The molecule has 4 atom stereocenters. The molecule has 1 amide bonds. The van der Waals surface area contributed by atoms with Gasteiger partial charge in [0.1, 0.15) is 0 Å². The highest BCUT2D eigenvalue weighted by molar-refractivity contribution is 5.85. The van der Waals surface area contributed by atoms with Crippen molar-refractivity contribution in [2.24, 2.45) is 23.5 Å². The molecular formula is C18H29Cl2N3O. The minimum Gasteiger partial charge on any atom is -0.373 e. The van der Waals surface area contributed by atoms with Crippen LogP contribution in [0, 0.1) is 17.8 Å². The number of carbonyl (C=O) groups excluding carboxylic acids is 1. The van der Waals surface area contributed by atoms with Crippen LogP contribution in [-0.4, -0.2) is 44.0 Å². The second-order valence-corrected chi connectivity index (χ2v) is 6.95. The SMILES string of the molecule is CN(CCN(C)c1ccccc1)C(=O)C1C2CCC(C2)C1N.Cl.Cl. The first-order valence-corrected chi connectivity index (χ1v) is 8.34. The van der Waals surface area contributed by atoms with Crippen LogP contribution in [0.5, 0.6) is 0 Å². The van der Waals surface area contributed by atoms with Gasteiger partial charge in [0.15, 0.2) is 0 Å². The molecule has 4 nitrogen and oxygen atoms in total. The van der Waals surface area contributed by atoms with Crippen molar-refractivity contribution in [1.82, 2.24) is 4.90 Å². The van der Waals surface area contributed by atoms with Crippen LogP contribution in [0.1, 0.15) is 19.3 Å². The van der Waals surface area contributed by atoms with Gasteiger partial charge in [0, 0.05) is 38.9 Å². The Hall–Kier alpha value is -0.970.